The predicted octanol–water partition coefficient (Wildman–Crippen LogP) is 2.02. The molecule has 1 aliphatic rings. The Morgan fingerprint density at radius 2 is 2.08 bits per heavy atom. The van der Waals surface area contributed by atoms with E-state index in [1.165, 1.54) is 18.4 Å². The van der Waals surface area contributed by atoms with Crippen LogP contribution in [0, 0.1) is 0 Å². The van der Waals surface area contributed by atoms with Gasteiger partial charge in [0.1, 0.15) is 5.82 Å². The monoisotopic (exact) mass is 162 g/mol. The van der Waals surface area contributed by atoms with E-state index in [-0.39, 0.29) is 0 Å². The zero-order valence-electron chi connectivity index (χ0n) is 7.62. The van der Waals surface area contributed by atoms with Crippen LogP contribution >= 0.6 is 0 Å². The fraction of sp³-hybridized carbons (Fsp3) is 0.500. The molecule has 0 N–H and O–H groups in total. The molecule has 64 valence electrons. The molecule has 0 aliphatic heterocycles. The van der Waals surface area contributed by atoms with E-state index in [4.69, 9.17) is 0 Å². The molecule has 2 rings (SSSR count). The molecule has 0 unspecified atom stereocenters. The molecule has 0 saturated heterocycles. The average molecular weight is 162 g/mol. The number of hydrogen-bond acceptors (Lipinski definition) is 2. The van der Waals surface area contributed by atoms with E-state index >= 15 is 0 Å². The van der Waals surface area contributed by atoms with Crippen molar-refractivity contribution in [3.63, 3.8) is 0 Å². The topological polar surface area (TPSA) is 16.1 Å². The second-order valence-corrected chi connectivity index (χ2v) is 3.62. The first-order chi connectivity index (χ1) is 5.77. The Balaban J connectivity index is 2.18. The van der Waals surface area contributed by atoms with Crippen LogP contribution in [-0.2, 0) is 0 Å². The van der Waals surface area contributed by atoms with Crippen LogP contribution in [-0.4, -0.2) is 19.1 Å². The van der Waals surface area contributed by atoms with E-state index in [1.54, 1.807) is 0 Å². The highest BCUT2D eigenvalue weighted by molar-refractivity contribution is 5.38. The van der Waals surface area contributed by atoms with Gasteiger partial charge in [-0.3, -0.25) is 0 Å². The van der Waals surface area contributed by atoms with Crippen molar-refractivity contribution in [2.75, 3.05) is 19.0 Å². The fourth-order valence-corrected chi connectivity index (χ4v) is 1.32. The lowest BCUT2D eigenvalue weighted by Gasteiger charge is -2.10. The van der Waals surface area contributed by atoms with E-state index in [0.29, 0.717) is 0 Å². The van der Waals surface area contributed by atoms with Gasteiger partial charge >= 0.3 is 0 Å². The number of nitrogens with zero attached hydrogens (tertiary/aromatic N) is 2. The van der Waals surface area contributed by atoms with Gasteiger partial charge in [-0.25, -0.2) is 4.98 Å². The molecule has 0 radical (unpaired) electrons. The highest BCUT2D eigenvalue weighted by atomic mass is 15.1. The maximum absolute atomic E-state index is 4.37. The second kappa shape index (κ2) is 2.77. The van der Waals surface area contributed by atoms with Crippen LogP contribution in [0.1, 0.15) is 24.3 Å². The summed E-state index contributed by atoms with van der Waals surface area (Å²) in [6.45, 7) is 0. The largest absolute Gasteiger partial charge is 0.363 e. The average Bonchev–Trinajstić information content (AvgIpc) is 2.87. The number of hydrogen-bond donors (Lipinski definition) is 0. The Morgan fingerprint density at radius 1 is 1.33 bits per heavy atom. The summed E-state index contributed by atoms with van der Waals surface area (Å²) in [7, 11) is 4.03. The van der Waals surface area contributed by atoms with Gasteiger partial charge in [0.15, 0.2) is 0 Å². The van der Waals surface area contributed by atoms with Crippen LogP contribution in [0.4, 0.5) is 5.82 Å². The van der Waals surface area contributed by atoms with Gasteiger partial charge in [0, 0.05) is 20.3 Å². The molecule has 0 atom stereocenters. The van der Waals surface area contributed by atoms with Crippen LogP contribution in [0.3, 0.4) is 0 Å². The first-order valence-corrected chi connectivity index (χ1v) is 4.40. The second-order valence-electron chi connectivity index (χ2n) is 3.62. The third-order valence-corrected chi connectivity index (χ3v) is 2.28. The molecule has 0 spiro atoms. The van der Waals surface area contributed by atoms with Crippen molar-refractivity contribution in [1.29, 1.82) is 0 Å². The Labute approximate surface area is 73.2 Å². The zero-order valence-corrected chi connectivity index (χ0v) is 7.62. The van der Waals surface area contributed by atoms with Gasteiger partial charge in [-0.05, 0) is 30.4 Å². The molecule has 0 bridgehead atoms. The molecule has 2 nitrogen and oxygen atoms in total. The summed E-state index contributed by atoms with van der Waals surface area (Å²) in [5.41, 5.74) is 1.40. The summed E-state index contributed by atoms with van der Waals surface area (Å²) < 4.78 is 0. The summed E-state index contributed by atoms with van der Waals surface area (Å²) in [4.78, 5) is 6.39. The molecule has 1 saturated carbocycles. The van der Waals surface area contributed by atoms with Gasteiger partial charge < -0.3 is 4.90 Å². The molecule has 1 aromatic rings. The van der Waals surface area contributed by atoms with Crippen LogP contribution in [0.2, 0.25) is 0 Å². The van der Waals surface area contributed by atoms with Crippen molar-refractivity contribution < 1.29 is 0 Å². The van der Waals surface area contributed by atoms with Gasteiger partial charge in [0.2, 0.25) is 0 Å². The van der Waals surface area contributed by atoms with Crippen LogP contribution in [0.5, 0.6) is 0 Å². The quantitative estimate of drug-likeness (QED) is 0.661. The van der Waals surface area contributed by atoms with Crippen molar-refractivity contribution >= 4 is 5.82 Å². The molecule has 0 aromatic carbocycles. The minimum Gasteiger partial charge on any atom is -0.363 e. The van der Waals surface area contributed by atoms with Crippen LogP contribution in [0.15, 0.2) is 18.3 Å². The summed E-state index contributed by atoms with van der Waals surface area (Å²) in [6.07, 6.45) is 4.71. The van der Waals surface area contributed by atoms with E-state index in [9.17, 15) is 0 Å². The Morgan fingerprint density at radius 3 is 2.50 bits per heavy atom. The summed E-state index contributed by atoms with van der Waals surface area (Å²) in [5, 5.41) is 0. The normalized spacial score (nSPS) is 16.2. The van der Waals surface area contributed by atoms with Crippen LogP contribution < -0.4 is 4.90 Å². The molecular formula is C10H14N2. The lowest BCUT2D eigenvalue weighted by molar-refractivity contribution is 1.03. The molecule has 1 aliphatic carbocycles. The molecule has 0 amide bonds. The zero-order chi connectivity index (χ0) is 8.55. The molecule has 1 heterocycles. The number of rotatable bonds is 2. The minimum atomic E-state index is 0.814. The first-order valence-electron chi connectivity index (χ1n) is 4.40. The SMILES string of the molecule is CN(C)c1ccc(C2CC2)cn1. The standard InChI is InChI=1S/C10H14N2/c1-12(2)10-6-5-9(7-11-10)8-3-4-8/h5-8H,3-4H2,1-2H3. The van der Waals surface area contributed by atoms with Crippen molar-refractivity contribution in [2.24, 2.45) is 0 Å². The fourth-order valence-electron chi connectivity index (χ4n) is 1.32. The van der Waals surface area contributed by atoms with Gasteiger partial charge in [-0.15, -0.1) is 0 Å². The number of anilines is 1. The van der Waals surface area contributed by atoms with Gasteiger partial charge in [-0.2, -0.15) is 0 Å². The minimum absolute atomic E-state index is 0.814. The third-order valence-electron chi connectivity index (χ3n) is 2.28. The summed E-state index contributed by atoms with van der Waals surface area (Å²) in [5.74, 6) is 1.85. The highest BCUT2D eigenvalue weighted by Gasteiger charge is 2.23. The summed E-state index contributed by atoms with van der Waals surface area (Å²) in [6, 6.07) is 4.29. The predicted molar refractivity (Wildman–Crippen MR) is 50.5 cm³/mol. The molecular weight excluding hydrogens is 148 g/mol. The van der Waals surface area contributed by atoms with Crippen LogP contribution in [0.25, 0.3) is 0 Å². The Hall–Kier alpha value is -1.05. The summed E-state index contributed by atoms with van der Waals surface area (Å²) >= 11 is 0. The lowest BCUT2D eigenvalue weighted by atomic mass is 10.2. The lowest BCUT2D eigenvalue weighted by Crippen LogP contribution is -2.10. The Kier molecular flexibility index (Phi) is 1.75. The van der Waals surface area contributed by atoms with Crippen molar-refractivity contribution in [1.82, 2.24) is 4.98 Å². The van der Waals surface area contributed by atoms with Gasteiger partial charge in [0.25, 0.3) is 0 Å². The van der Waals surface area contributed by atoms with E-state index < -0.39 is 0 Å². The third kappa shape index (κ3) is 1.42. The van der Waals surface area contributed by atoms with E-state index in [2.05, 4.69) is 17.1 Å². The molecule has 1 aromatic heterocycles. The van der Waals surface area contributed by atoms with E-state index in [0.717, 1.165) is 11.7 Å². The van der Waals surface area contributed by atoms with E-state index in [1.807, 2.05) is 25.2 Å². The smallest absolute Gasteiger partial charge is 0.127 e. The first kappa shape index (κ1) is 7.59. The molecule has 12 heavy (non-hydrogen) atoms. The maximum Gasteiger partial charge on any atom is 0.127 e. The number of pyridine rings is 1. The molecule has 1 fully saturated rings. The highest BCUT2D eigenvalue weighted by Crippen LogP contribution is 2.39. The van der Waals surface area contributed by atoms with Crippen molar-refractivity contribution in [3.8, 4) is 0 Å². The number of aromatic nitrogens is 1. The maximum atomic E-state index is 4.37. The van der Waals surface area contributed by atoms with Gasteiger partial charge in [0.05, 0.1) is 0 Å². The molecule has 2 heteroatoms. The van der Waals surface area contributed by atoms with Crippen molar-refractivity contribution in [3.05, 3.63) is 23.9 Å². The van der Waals surface area contributed by atoms with Gasteiger partial charge in [-0.1, -0.05) is 6.07 Å². The van der Waals surface area contributed by atoms with Crippen molar-refractivity contribution in [2.45, 2.75) is 18.8 Å². The Bertz CT molecular complexity index is 239.